The van der Waals surface area contributed by atoms with Crippen molar-refractivity contribution >= 4 is 27.5 Å². The van der Waals surface area contributed by atoms with Crippen molar-refractivity contribution in [2.45, 2.75) is 70.9 Å². The minimum absolute atomic E-state index is 0.124. The van der Waals surface area contributed by atoms with Crippen molar-refractivity contribution in [3.05, 3.63) is 65.7 Å². The van der Waals surface area contributed by atoms with Gasteiger partial charge in [0.25, 0.3) is 0 Å². The monoisotopic (exact) mass is 513 g/mol. The van der Waals surface area contributed by atoms with Gasteiger partial charge in [0, 0.05) is 25.6 Å². The highest BCUT2D eigenvalue weighted by Crippen LogP contribution is 2.20. The van der Waals surface area contributed by atoms with Crippen LogP contribution >= 0.6 is 0 Å². The molecule has 0 radical (unpaired) electrons. The first-order valence-electron chi connectivity index (χ1n) is 12.8. The zero-order valence-electron chi connectivity index (χ0n) is 21.7. The van der Waals surface area contributed by atoms with Crippen LogP contribution in [-0.4, -0.2) is 56.6 Å². The fraction of sp³-hybridized carbons (Fsp3) is 0.500. The second-order valence-electron chi connectivity index (χ2n) is 9.76. The van der Waals surface area contributed by atoms with E-state index in [1.54, 1.807) is 24.0 Å². The molecule has 0 aliphatic heterocycles. The number of nitrogens with zero attached hydrogens (tertiary/aromatic N) is 2. The molecule has 1 aliphatic carbocycles. The summed E-state index contributed by atoms with van der Waals surface area (Å²) in [6, 6.07) is 16.8. The number of amides is 2. The molecule has 1 fully saturated rings. The van der Waals surface area contributed by atoms with Gasteiger partial charge in [-0.3, -0.25) is 13.9 Å². The van der Waals surface area contributed by atoms with Crippen LogP contribution in [0.2, 0.25) is 0 Å². The van der Waals surface area contributed by atoms with E-state index in [1.165, 1.54) is 10.6 Å². The van der Waals surface area contributed by atoms with Crippen molar-refractivity contribution in [3.63, 3.8) is 0 Å². The average molecular weight is 514 g/mol. The van der Waals surface area contributed by atoms with E-state index in [0.29, 0.717) is 25.1 Å². The highest BCUT2D eigenvalue weighted by molar-refractivity contribution is 7.92. The highest BCUT2D eigenvalue weighted by atomic mass is 32.2. The first-order valence-corrected chi connectivity index (χ1v) is 14.7. The van der Waals surface area contributed by atoms with Gasteiger partial charge in [0.1, 0.15) is 6.04 Å². The number of rotatable bonds is 12. The Labute approximate surface area is 215 Å². The summed E-state index contributed by atoms with van der Waals surface area (Å²) < 4.78 is 26.2. The van der Waals surface area contributed by atoms with Crippen LogP contribution in [0.5, 0.6) is 0 Å². The zero-order chi connectivity index (χ0) is 26.1. The van der Waals surface area contributed by atoms with Gasteiger partial charge in [-0.1, -0.05) is 60.9 Å². The summed E-state index contributed by atoms with van der Waals surface area (Å²) in [5.74, 6) is -0.266. The van der Waals surface area contributed by atoms with E-state index >= 15 is 0 Å². The standard InChI is InChI=1S/C28H39N3O4S/c1-22-15-17-26(18-16-22)31(36(3,34)35)20-9-14-27(32)30(21-19-24-10-5-4-6-11-24)23(2)28(33)29-25-12-7-8-13-25/h4-6,10-11,15-18,23,25H,7-9,12-14,19-21H2,1-3H3,(H,29,33)/t23-/m0/s1. The lowest BCUT2D eigenvalue weighted by Crippen LogP contribution is -2.50. The fourth-order valence-electron chi connectivity index (χ4n) is 4.68. The quantitative estimate of drug-likeness (QED) is 0.464. The molecule has 2 aromatic rings. The Morgan fingerprint density at radius 2 is 1.64 bits per heavy atom. The van der Waals surface area contributed by atoms with Gasteiger partial charge in [-0.25, -0.2) is 8.42 Å². The maximum absolute atomic E-state index is 13.3. The van der Waals surface area contributed by atoms with Crippen molar-refractivity contribution in [2.75, 3.05) is 23.7 Å². The molecule has 0 heterocycles. The first-order chi connectivity index (χ1) is 17.1. The van der Waals surface area contributed by atoms with Crippen LogP contribution in [0.4, 0.5) is 5.69 Å². The van der Waals surface area contributed by atoms with Crippen LogP contribution < -0.4 is 9.62 Å². The Morgan fingerprint density at radius 1 is 1.00 bits per heavy atom. The van der Waals surface area contributed by atoms with Gasteiger partial charge in [-0.05, 0) is 57.2 Å². The van der Waals surface area contributed by atoms with Crippen LogP contribution in [0, 0.1) is 6.92 Å². The third-order valence-electron chi connectivity index (χ3n) is 6.83. The number of sulfonamides is 1. The summed E-state index contributed by atoms with van der Waals surface area (Å²) in [6.07, 6.45) is 6.55. The minimum Gasteiger partial charge on any atom is -0.352 e. The summed E-state index contributed by atoms with van der Waals surface area (Å²) in [5.41, 5.74) is 2.73. The molecular formula is C28H39N3O4S. The maximum atomic E-state index is 13.3. The number of anilines is 1. The van der Waals surface area contributed by atoms with Gasteiger partial charge in [0.05, 0.1) is 11.9 Å². The van der Waals surface area contributed by atoms with Crippen LogP contribution in [0.25, 0.3) is 0 Å². The van der Waals surface area contributed by atoms with Gasteiger partial charge < -0.3 is 10.2 Å². The predicted molar refractivity (Wildman–Crippen MR) is 144 cm³/mol. The van der Waals surface area contributed by atoms with Gasteiger partial charge in [-0.15, -0.1) is 0 Å². The van der Waals surface area contributed by atoms with Gasteiger partial charge >= 0.3 is 0 Å². The lowest BCUT2D eigenvalue weighted by atomic mass is 10.1. The van der Waals surface area contributed by atoms with Crippen molar-refractivity contribution in [3.8, 4) is 0 Å². The van der Waals surface area contributed by atoms with Gasteiger partial charge in [0.15, 0.2) is 0 Å². The Kier molecular flexibility index (Phi) is 9.93. The molecule has 0 saturated heterocycles. The smallest absolute Gasteiger partial charge is 0.242 e. The topological polar surface area (TPSA) is 86.8 Å². The first kappa shape index (κ1) is 27.7. The molecule has 3 rings (SSSR count). The summed E-state index contributed by atoms with van der Waals surface area (Å²) in [4.78, 5) is 28.0. The lowest BCUT2D eigenvalue weighted by molar-refractivity contribution is -0.140. The Hall–Kier alpha value is -2.87. The predicted octanol–water partition coefficient (Wildman–Crippen LogP) is 4.06. The highest BCUT2D eigenvalue weighted by Gasteiger charge is 2.28. The number of hydrogen-bond acceptors (Lipinski definition) is 4. The van der Waals surface area contributed by atoms with Crippen molar-refractivity contribution < 1.29 is 18.0 Å². The summed E-state index contributed by atoms with van der Waals surface area (Å²) in [5, 5.41) is 3.11. The molecule has 0 spiro atoms. The molecule has 0 unspecified atom stereocenters. The Bertz CT molecular complexity index is 1100. The second-order valence-corrected chi connectivity index (χ2v) is 11.7. The van der Waals surface area contributed by atoms with E-state index in [-0.39, 0.29) is 30.8 Å². The molecule has 0 bridgehead atoms. The molecule has 1 saturated carbocycles. The molecule has 8 heteroatoms. The SMILES string of the molecule is Cc1ccc(N(CCCC(=O)N(CCc2ccccc2)[C@@H](C)C(=O)NC2CCCC2)S(C)(=O)=O)cc1. The maximum Gasteiger partial charge on any atom is 0.242 e. The molecule has 1 aliphatic rings. The zero-order valence-corrected chi connectivity index (χ0v) is 22.5. The fourth-order valence-corrected chi connectivity index (χ4v) is 5.64. The minimum atomic E-state index is -3.49. The van der Waals surface area contributed by atoms with Crippen LogP contribution in [0.15, 0.2) is 54.6 Å². The van der Waals surface area contributed by atoms with Crippen molar-refractivity contribution in [2.24, 2.45) is 0 Å². The molecule has 2 amide bonds. The van der Waals surface area contributed by atoms with Crippen LogP contribution in [0.1, 0.15) is 56.6 Å². The van der Waals surface area contributed by atoms with Crippen LogP contribution in [-0.2, 0) is 26.0 Å². The Balaban J connectivity index is 1.66. The van der Waals surface area contributed by atoms with E-state index in [9.17, 15) is 18.0 Å². The lowest BCUT2D eigenvalue weighted by Gasteiger charge is -2.30. The molecule has 0 aromatic heterocycles. The summed E-state index contributed by atoms with van der Waals surface area (Å²) in [7, 11) is -3.49. The summed E-state index contributed by atoms with van der Waals surface area (Å²) in [6.45, 7) is 4.35. The molecule has 36 heavy (non-hydrogen) atoms. The number of nitrogens with one attached hydrogen (secondary N) is 1. The average Bonchev–Trinajstić information content (AvgIpc) is 3.35. The number of carbonyl (C=O) groups is 2. The third kappa shape index (κ3) is 8.08. The number of hydrogen-bond donors (Lipinski definition) is 1. The van der Waals surface area contributed by atoms with E-state index in [2.05, 4.69) is 5.32 Å². The normalized spacial score (nSPS) is 14.9. The van der Waals surface area contributed by atoms with E-state index in [0.717, 1.165) is 36.8 Å². The van der Waals surface area contributed by atoms with Crippen LogP contribution in [0.3, 0.4) is 0 Å². The second kappa shape index (κ2) is 12.9. The largest absolute Gasteiger partial charge is 0.352 e. The van der Waals surface area contributed by atoms with Gasteiger partial charge in [-0.2, -0.15) is 0 Å². The third-order valence-corrected chi connectivity index (χ3v) is 8.02. The van der Waals surface area contributed by atoms with E-state index in [4.69, 9.17) is 0 Å². The molecule has 1 atom stereocenters. The summed E-state index contributed by atoms with van der Waals surface area (Å²) >= 11 is 0. The van der Waals surface area contributed by atoms with E-state index < -0.39 is 16.1 Å². The number of aryl methyl sites for hydroxylation is 1. The number of benzene rings is 2. The van der Waals surface area contributed by atoms with Crippen molar-refractivity contribution in [1.82, 2.24) is 10.2 Å². The number of carbonyl (C=O) groups excluding carboxylic acids is 2. The molecule has 2 aromatic carbocycles. The molecule has 196 valence electrons. The Morgan fingerprint density at radius 3 is 2.25 bits per heavy atom. The molecular weight excluding hydrogens is 474 g/mol. The van der Waals surface area contributed by atoms with Crippen molar-refractivity contribution in [1.29, 1.82) is 0 Å². The molecule has 7 nitrogen and oxygen atoms in total. The van der Waals surface area contributed by atoms with Gasteiger partial charge in [0.2, 0.25) is 21.8 Å². The molecule has 1 N–H and O–H groups in total. The van der Waals surface area contributed by atoms with E-state index in [1.807, 2.05) is 49.4 Å².